The first-order valence-electron chi connectivity index (χ1n) is 5.91. The van der Waals surface area contributed by atoms with Crippen molar-refractivity contribution in [3.05, 3.63) is 62.3 Å². The molecule has 108 valence electrons. The highest BCUT2D eigenvalue weighted by molar-refractivity contribution is 7.98. The SMILES string of the molecule is O=C(O)C=Cc1ccc(CSc2ccc([N+](=O)[O-])cc2)s1. The number of benzene rings is 1. The standard InChI is InChI=1S/C14H11NO4S2/c16-14(17)8-7-12-5-6-13(21-12)9-20-11-3-1-10(2-4-11)15(18)19/h1-8H,9H2,(H,16,17). The number of non-ortho nitro benzene ring substituents is 1. The van der Waals surface area contributed by atoms with Crippen LogP contribution in [0.4, 0.5) is 5.69 Å². The van der Waals surface area contributed by atoms with E-state index in [1.165, 1.54) is 23.5 Å². The second-order valence-electron chi connectivity index (χ2n) is 4.02. The molecule has 0 aliphatic heterocycles. The van der Waals surface area contributed by atoms with Crippen LogP contribution in [0.3, 0.4) is 0 Å². The molecule has 0 saturated heterocycles. The van der Waals surface area contributed by atoms with Gasteiger partial charge in [0.1, 0.15) is 0 Å². The molecule has 0 aliphatic carbocycles. The first-order valence-corrected chi connectivity index (χ1v) is 7.72. The van der Waals surface area contributed by atoms with Crippen LogP contribution >= 0.6 is 23.1 Å². The van der Waals surface area contributed by atoms with E-state index < -0.39 is 10.9 Å². The quantitative estimate of drug-likeness (QED) is 0.376. The Bertz CT molecular complexity index is 677. The van der Waals surface area contributed by atoms with Crippen LogP contribution in [0.1, 0.15) is 9.75 Å². The van der Waals surface area contributed by atoms with Crippen molar-refractivity contribution >= 4 is 40.8 Å². The van der Waals surface area contributed by atoms with Gasteiger partial charge in [-0.25, -0.2) is 4.79 Å². The molecule has 0 amide bonds. The van der Waals surface area contributed by atoms with E-state index in [1.54, 1.807) is 30.0 Å². The smallest absolute Gasteiger partial charge is 0.328 e. The molecule has 1 N–H and O–H groups in total. The van der Waals surface area contributed by atoms with Crippen LogP contribution in [-0.2, 0) is 10.5 Å². The zero-order chi connectivity index (χ0) is 15.2. The van der Waals surface area contributed by atoms with Crippen molar-refractivity contribution in [3.63, 3.8) is 0 Å². The molecule has 0 unspecified atom stereocenters. The molecule has 0 fully saturated rings. The Balaban J connectivity index is 1.93. The largest absolute Gasteiger partial charge is 0.478 e. The lowest BCUT2D eigenvalue weighted by Crippen LogP contribution is -1.86. The van der Waals surface area contributed by atoms with Gasteiger partial charge in [0.25, 0.3) is 5.69 Å². The third-order valence-electron chi connectivity index (χ3n) is 2.50. The van der Waals surface area contributed by atoms with Gasteiger partial charge in [-0.05, 0) is 30.3 Å². The number of hydrogen-bond acceptors (Lipinski definition) is 5. The molecule has 0 aliphatic rings. The van der Waals surface area contributed by atoms with Crippen molar-refractivity contribution in [1.82, 2.24) is 0 Å². The van der Waals surface area contributed by atoms with E-state index in [0.29, 0.717) is 0 Å². The Morgan fingerprint density at radius 1 is 1.29 bits per heavy atom. The van der Waals surface area contributed by atoms with Crippen molar-refractivity contribution < 1.29 is 14.8 Å². The van der Waals surface area contributed by atoms with Crippen LogP contribution in [-0.4, -0.2) is 16.0 Å². The lowest BCUT2D eigenvalue weighted by Gasteiger charge is -1.99. The molecule has 1 heterocycles. The molecule has 21 heavy (non-hydrogen) atoms. The van der Waals surface area contributed by atoms with Crippen molar-refractivity contribution in [1.29, 1.82) is 0 Å². The molecule has 0 atom stereocenters. The van der Waals surface area contributed by atoms with Gasteiger partial charge in [-0.2, -0.15) is 0 Å². The Morgan fingerprint density at radius 3 is 2.62 bits per heavy atom. The van der Waals surface area contributed by atoms with E-state index >= 15 is 0 Å². The minimum Gasteiger partial charge on any atom is -0.478 e. The third-order valence-corrected chi connectivity index (χ3v) is 4.80. The van der Waals surface area contributed by atoms with E-state index in [4.69, 9.17) is 5.11 Å². The maximum Gasteiger partial charge on any atom is 0.328 e. The summed E-state index contributed by atoms with van der Waals surface area (Å²) in [6.45, 7) is 0. The second-order valence-corrected chi connectivity index (χ2v) is 6.26. The van der Waals surface area contributed by atoms with Gasteiger partial charge in [0.15, 0.2) is 0 Å². The molecule has 2 rings (SSSR count). The van der Waals surface area contributed by atoms with E-state index in [2.05, 4.69) is 0 Å². The highest BCUT2D eigenvalue weighted by atomic mass is 32.2. The maximum atomic E-state index is 10.6. The fourth-order valence-corrected chi connectivity index (χ4v) is 3.39. The number of carbonyl (C=O) groups is 1. The predicted molar refractivity (Wildman–Crippen MR) is 83.6 cm³/mol. The van der Waals surface area contributed by atoms with E-state index in [1.807, 2.05) is 12.1 Å². The zero-order valence-corrected chi connectivity index (χ0v) is 12.4. The molecule has 0 bridgehead atoms. The van der Waals surface area contributed by atoms with Crippen molar-refractivity contribution in [2.24, 2.45) is 0 Å². The van der Waals surface area contributed by atoms with Crippen molar-refractivity contribution in [2.75, 3.05) is 0 Å². The van der Waals surface area contributed by atoms with Crippen molar-refractivity contribution in [3.8, 4) is 0 Å². The maximum absolute atomic E-state index is 10.6. The lowest BCUT2D eigenvalue weighted by atomic mass is 10.3. The molecule has 7 heteroatoms. The molecular formula is C14H11NO4S2. The average molecular weight is 321 g/mol. The van der Waals surface area contributed by atoms with E-state index in [0.717, 1.165) is 26.5 Å². The molecular weight excluding hydrogens is 310 g/mol. The van der Waals surface area contributed by atoms with Gasteiger partial charge in [-0.15, -0.1) is 23.1 Å². The van der Waals surface area contributed by atoms with E-state index in [-0.39, 0.29) is 5.69 Å². The molecule has 0 spiro atoms. The van der Waals surface area contributed by atoms with Crippen LogP contribution in [0, 0.1) is 10.1 Å². The zero-order valence-electron chi connectivity index (χ0n) is 10.8. The van der Waals surface area contributed by atoms with Gasteiger partial charge < -0.3 is 5.11 Å². The average Bonchev–Trinajstić information content (AvgIpc) is 2.91. The van der Waals surface area contributed by atoms with Gasteiger partial charge in [-0.3, -0.25) is 10.1 Å². The van der Waals surface area contributed by atoms with Crippen LogP contribution in [0.25, 0.3) is 6.08 Å². The number of thioether (sulfide) groups is 1. The topological polar surface area (TPSA) is 80.4 Å². The summed E-state index contributed by atoms with van der Waals surface area (Å²) in [6.07, 6.45) is 2.67. The second kappa shape index (κ2) is 7.05. The Kier molecular flexibility index (Phi) is 5.13. The summed E-state index contributed by atoms with van der Waals surface area (Å²) in [5, 5.41) is 19.1. The fourth-order valence-electron chi connectivity index (χ4n) is 1.53. The van der Waals surface area contributed by atoms with Crippen molar-refractivity contribution in [2.45, 2.75) is 10.6 Å². The molecule has 0 radical (unpaired) electrons. The minimum absolute atomic E-state index is 0.0802. The highest BCUT2D eigenvalue weighted by Gasteiger charge is 2.05. The first kappa shape index (κ1) is 15.3. The number of carboxylic acids is 1. The Hall–Kier alpha value is -2.12. The summed E-state index contributed by atoms with van der Waals surface area (Å²) in [5.74, 6) is -0.228. The highest BCUT2D eigenvalue weighted by Crippen LogP contribution is 2.28. The number of thiophene rings is 1. The molecule has 5 nitrogen and oxygen atoms in total. The summed E-state index contributed by atoms with van der Waals surface area (Å²) in [5.41, 5.74) is 0.0802. The lowest BCUT2D eigenvalue weighted by molar-refractivity contribution is -0.384. The molecule has 2 aromatic rings. The van der Waals surface area contributed by atoms with Gasteiger partial charge in [0.05, 0.1) is 4.92 Å². The summed E-state index contributed by atoms with van der Waals surface area (Å²) in [7, 11) is 0. The monoisotopic (exact) mass is 321 g/mol. The number of nitro groups is 1. The number of nitro benzene ring substituents is 1. The van der Waals surface area contributed by atoms with E-state index in [9.17, 15) is 14.9 Å². The molecule has 1 aromatic heterocycles. The number of hydrogen-bond donors (Lipinski definition) is 1. The van der Waals surface area contributed by atoms with Crippen LogP contribution in [0.15, 0.2) is 47.4 Å². The van der Waals surface area contributed by atoms with Gasteiger partial charge in [0.2, 0.25) is 0 Å². The van der Waals surface area contributed by atoms with Gasteiger partial charge in [-0.1, -0.05) is 0 Å². The molecule has 1 aromatic carbocycles. The Labute approximate surface area is 129 Å². The summed E-state index contributed by atoms with van der Waals surface area (Å²) < 4.78 is 0. The summed E-state index contributed by atoms with van der Waals surface area (Å²) in [6, 6.07) is 10.2. The van der Waals surface area contributed by atoms with Crippen LogP contribution < -0.4 is 0 Å². The third kappa shape index (κ3) is 4.73. The fraction of sp³-hybridized carbons (Fsp3) is 0.0714. The number of rotatable bonds is 6. The normalized spacial score (nSPS) is 10.9. The first-order chi connectivity index (χ1) is 10.0. The summed E-state index contributed by atoms with van der Waals surface area (Å²) in [4.78, 5) is 23.5. The molecule has 0 saturated carbocycles. The van der Waals surface area contributed by atoms with Gasteiger partial charge >= 0.3 is 5.97 Å². The Morgan fingerprint density at radius 2 is 2.00 bits per heavy atom. The van der Waals surface area contributed by atoms with Crippen LogP contribution in [0.5, 0.6) is 0 Å². The predicted octanol–water partition coefficient (Wildman–Crippen LogP) is 4.05. The summed E-state index contributed by atoms with van der Waals surface area (Å²) >= 11 is 3.10. The van der Waals surface area contributed by atoms with Gasteiger partial charge in [0, 0.05) is 38.6 Å². The van der Waals surface area contributed by atoms with Crippen LogP contribution in [0.2, 0.25) is 0 Å². The number of aliphatic carboxylic acids is 1. The number of nitrogens with zero attached hydrogens (tertiary/aromatic N) is 1. The number of carboxylic acid groups (broad SMARTS) is 1. The minimum atomic E-state index is -0.967.